The number of amides is 1. The fourth-order valence-corrected chi connectivity index (χ4v) is 3.82. The number of nitrogens with one attached hydrogen (secondary N) is 1. The monoisotopic (exact) mass is 504 g/mol. The van der Waals surface area contributed by atoms with Gasteiger partial charge in [0.15, 0.2) is 0 Å². The second-order valence-electron chi connectivity index (χ2n) is 7.69. The number of rotatable bonds is 5. The van der Waals surface area contributed by atoms with E-state index in [1.807, 2.05) is 19.1 Å². The maximum Gasteiger partial charge on any atom is 0.269 e. The molecule has 2 aromatic heterocycles. The van der Waals surface area contributed by atoms with Crippen LogP contribution < -0.4 is 15.6 Å². The number of aromatic nitrogens is 2. The van der Waals surface area contributed by atoms with Crippen LogP contribution in [0.25, 0.3) is 11.7 Å². The summed E-state index contributed by atoms with van der Waals surface area (Å²) in [6.07, 6.45) is 2.71. The average molecular weight is 505 g/mol. The Morgan fingerprint density at radius 2 is 1.94 bits per heavy atom. The molecule has 4 aromatic rings. The van der Waals surface area contributed by atoms with E-state index in [2.05, 4.69) is 10.3 Å². The van der Waals surface area contributed by atoms with Crippen LogP contribution in [0.15, 0.2) is 71.2 Å². The molecule has 0 aliphatic rings. The molecule has 1 N–H and O–H groups in total. The van der Waals surface area contributed by atoms with E-state index < -0.39 is 11.5 Å². The maximum absolute atomic E-state index is 13.4. The zero-order valence-electron chi connectivity index (χ0n) is 18.7. The Bertz CT molecular complexity index is 1600. The Morgan fingerprint density at radius 3 is 2.66 bits per heavy atom. The molecule has 35 heavy (non-hydrogen) atoms. The van der Waals surface area contributed by atoms with Crippen molar-refractivity contribution in [2.75, 3.05) is 5.32 Å². The van der Waals surface area contributed by atoms with Crippen molar-refractivity contribution in [3.8, 4) is 17.7 Å². The molecule has 0 radical (unpaired) electrons. The summed E-state index contributed by atoms with van der Waals surface area (Å²) in [5.74, 6) is -0.579. The third kappa shape index (κ3) is 5.19. The van der Waals surface area contributed by atoms with Gasteiger partial charge in [0.05, 0.1) is 5.02 Å². The molecule has 0 bridgehead atoms. The molecule has 0 saturated carbocycles. The van der Waals surface area contributed by atoms with Gasteiger partial charge in [-0.1, -0.05) is 41.4 Å². The number of aryl methyl sites for hydroxylation is 2. The Labute approximate surface area is 210 Å². The van der Waals surface area contributed by atoms with E-state index in [1.54, 1.807) is 49.5 Å². The Morgan fingerprint density at radius 1 is 1.14 bits per heavy atom. The summed E-state index contributed by atoms with van der Waals surface area (Å²) in [6.45, 7) is 3.68. The summed E-state index contributed by atoms with van der Waals surface area (Å²) in [6, 6.07) is 17.1. The van der Waals surface area contributed by atoms with Gasteiger partial charge in [-0.15, -0.1) is 0 Å². The molecule has 0 saturated heterocycles. The molecule has 1 amide bonds. The SMILES string of the molecule is Cc1cccc(NC(=O)/C(C#N)=C\c2c(Oc3ccc(Cl)cc3Cl)nc3c(C)cccn3c2=O)c1. The molecule has 4 rings (SSSR count). The number of benzene rings is 2. The lowest BCUT2D eigenvalue weighted by Gasteiger charge is -2.12. The van der Waals surface area contributed by atoms with Crippen molar-refractivity contribution in [1.82, 2.24) is 9.38 Å². The van der Waals surface area contributed by atoms with Gasteiger partial charge in [-0.2, -0.15) is 10.2 Å². The number of fused-ring (bicyclic) bond motifs is 1. The molecule has 0 fully saturated rings. The largest absolute Gasteiger partial charge is 0.437 e. The number of hydrogen-bond donors (Lipinski definition) is 1. The predicted molar refractivity (Wildman–Crippen MR) is 136 cm³/mol. The molecule has 174 valence electrons. The summed E-state index contributed by atoms with van der Waals surface area (Å²) in [4.78, 5) is 30.8. The maximum atomic E-state index is 13.4. The lowest BCUT2D eigenvalue weighted by atomic mass is 10.1. The highest BCUT2D eigenvalue weighted by Gasteiger charge is 2.19. The van der Waals surface area contributed by atoms with Crippen LogP contribution in [0, 0.1) is 25.2 Å². The van der Waals surface area contributed by atoms with Crippen LogP contribution in [0.3, 0.4) is 0 Å². The van der Waals surface area contributed by atoms with Crippen molar-refractivity contribution in [2.24, 2.45) is 0 Å². The Kier molecular flexibility index (Phi) is 6.87. The quantitative estimate of drug-likeness (QED) is 0.267. The average Bonchev–Trinajstić information content (AvgIpc) is 2.81. The van der Waals surface area contributed by atoms with E-state index in [-0.39, 0.29) is 27.8 Å². The van der Waals surface area contributed by atoms with Crippen molar-refractivity contribution in [1.29, 1.82) is 5.26 Å². The minimum absolute atomic E-state index is 0.0879. The summed E-state index contributed by atoms with van der Waals surface area (Å²) < 4.78 is 7.22. The minimum Gasteiger partial charge on any atom is -0.437 e. The van der Waals surface area contributed by atoms with Crippen molar-refractivity contribution in [3.63, 3.8) is 0 Å². The van der Waals surface area contributed by atoms with Gasteiger partial charge in [0.1, 0.15) is 28.6 Å². The van der Waals surface area contributed by atoms with Crippen LogP contribution in [0.5, 0.6) is 11.6 Å². The predicted octanol–water partition coefficient (Wildman–Crippen LogP) is 5.96. The topological polar surface area (TPSA) is 96.5 Å². The van der Waals surface area contributed by atoms with Crippen molar-refractivity contribution in [2.45, 2.75) is 13.8 Å². The smallest absolute Gasteiger partial charge is 0.269 e. The normalized spacial score (nSPS) is 11.2. The molecule has 2 aromatic carbocycles. The molecular formula is C26H18Cl2N4O3. The number of ether oxygens (including phenoxy) is 1. The third-order valence-corrected chi connectivity index (χ3v) is 5.61. The van der Waals surface area contributed by atoms with Gasteiger partial charge in [0, 0.05) is 16.9 Å². The van der Waals surface area contributed by atoms with Crippen LogP contribution in [0.4, 0.5) is 5.69 Å². The highest BCUT2D eigenvalue weighted by atomic mass is 35.5. The van der Waals surface area contributed by atoms with Crippen molar-refractivity contribution in [3.05, 3.63) is 103 Å². The summed E-state index contributed by atoms with van der Waals surface area (Å²) in [5, 5.41) is 13.0. The van der Waals surface area contributed by atoms with Crippen molar-refractivity contribution >= 4 is 46.5 Å². The first kappa shape index (κ1) is 24.0. The van der Waals surface area contributed by atoms with Gasteiger partial charge in [-0.25, -0.2) is 0 Å². The number of anilines is 1. The lowest BCUT2D eigenvalue weighted by Crippen LogP contribution is -2.20. The van der Waals surface area contributed by atoms with Crippen molar-refractivity contribution < 1.29 is 9.53 Å². The van der Waals surface area contributed by atoms with E-state index in [1.165, 1.54) is 16.5 Å². The number of pyridine rings is 1. The minimum atomic E-state index is -0.678. The number of hydrogen-bond acceptors (Lipinski definition) is 5. The zero-order chi connectivity index (χ0) is 25.1. The molecule has 7 nitrogen and oxygen atoms in total. The summed E-state index contributed by atoms with van der Waals surface area (Å²) in [5.41, 5.74) is 1.63. The first-order chi connectivity index (χ1) is 16.8. The molecule has 9 heteroatoms. The van der Waals surface area contributed by atoms with Crippen LogP contribution in [0.1, 0.15) is 16.7 Å². The third-order valence-electron chi connectivity index (χ3n) is 5.08. The standard InChI is InChI=1S/C26H18Cl2N4O3/c1-15-5-3-7-19(11-15)30-24(33)17(14-29)12-20-25(35-22-9-8-18(27)13-21(22)28)31-23-16(2)6-4-10-32(23)26(20)34/h3-13H,1-2H3,(H,30,33)/b17-12-. The van der Waals surface area contributed by atoms with Gasteiger partial charge < -0.3 is 10.1 Å². The van der Waals surface area contributed by atoms with E-state index in [4.69, 9.17) is 27.9 Å². The molecule has 2 heterocycles. The van der Waals surface area contributed by atoms with Gasteiger partial charge >= 0.3 is 0 Å². The fourth-order valence-electron chi connectivity index (χ4n) is 3.37. The van der Waals surface area contributed by atoms with Crippen LogP contribution >= 0.6 is 23.2 Å². The first-order valence-corrected chi connectivity index (χ1v) is 11.2. The second-order valence-corrected chi connectivity index (χ2v) is 8.53. The fraction of sp³-hybridized carbons (Fsp3) is 0.0769. The van der Waals surface area contributed by atoms with Gasteiger partial charge in [-0.05, 0) is 67.4 Å². The van der Waals surface area contributed by atoms with Crippen LogP contribution in [0.2, 0.25) is 10.0 Å². The first-order valence-electron chi connectivity index (χ1n) is 10.4. The molecule has 0 aliphatic heterocycles. The van der Waals surface area contributed by atoms with Gasteiger partial charge in [0.25, 0.3) is 11.5 Å². The molecule has 0 spiro atoms. The number of carbonyl (C=O) groups excluding carboxylic acids is 1. The Balaban J connectivity index is 1.85. The van der Waals surface area contributed by atoms with Crippen LogP contribution in [-0.2, 0) is 4.79 Å². The highest BCUT2D eigenvalue weighted by molar-refractivity contribution is 6.35. The lowest BCUT2D eigenvalue weighted by molar-refractivity contribution is -0.112. The molecule has 0 aliphatic carbocycles. The second kappa shape index (κ2) is 10.0. The molecule has 0 unspecified atom stereocenters. The summed E-state index contributed by atoms with van der Waals surface area (Å²) in [7, 11) is 0. The van der Waals surface area contributed by atoms with E-state index in [9.17, 15) is 14.9 Å². The Hall–Kier alpha value is -4.12. The van der Waals surface area contributed by atoms with Crippen LogP contribution in [-0.4, -0.2) is 15.3 Å². The van der Waals surface area contributed by atoms with E-state index in [0.717, 1.165) is 17.2 Å². The highest BCUT2D eigenvalue weighted by Crippen LogP contribution is 2.32. The number of nitriles is 1. The number of carbonyl (C=O) groups is 1. The van der Waals surface area contributed by atoms with E-state index >= 15 is 0 Å². The molecule has 0 atom stereocenters. The zero-order valence-corrected chi connectivity index (χ0v) is 20.2. The van der Waals surface area contributed by atoms with Gasteiger partial charge in [-0.3, -0.25) is 14.0 Å². The molecular weight excluding hydrogens is 487 g/mol. The van der Waals surface area contributed by atoms with E-state index in [0.29, 0.717) is 16.4 Å². The number of halogens is 2. The number of nitrogens with zero attached hydrogens (tertiary/aromatic N) is 3. The van der Waals surface area contributed by atoms with Gasteiger partial charge in [0.2, 0.25) is 5.88 Å². The summed E-state index contributed by atoms with van der Waals surface area (Å²) >= 11 is 12.2.